The van der Waals surface area contributed by atoms with Gasteiger partial charge in [-0.3, -0.25) is 0 Å². The van der Waals surface area contributed by atoms with E-state index in [9.17, 15) is 0 Å². The maximum absolute atomic E-state index is 6.16. The summed E-state index contributed by atoms with van der Waals surface area (Å²) < 4.78 is 1.11. The topological polar surface area (TPSA) is 41.8 Å². The summed E-state index contributed by atoms with van der Waals surface area (Å²) in [5.41, 5.74) is 8.50. The molecule has 1 aromatic carbocycles. The number of hydrogen-bond acceptors (Lipinski definition) is 1. The Balaban J connectivity index is 2.05. The minimum absolute atomic E-state index is 0.191. The molecule has 0 amide bonds. The van der Waals surface area contributed by atoms with Gasteiger partial charge in [0.15, 0.2) is 0 Å². The summed E-state index contributed by atoms with van der Waals surface area (Å²) in [5.74, 6) is 0.696. The molecule has 1 fully saturated rings. The van der Waals surface area contributed by atoms with E-state index in [1.807, 2.05) is 6.07 Å². The fourth-order valence-corrected chi connectivity index (χ4v) is 2.39. The van der Waals surface area contributed by atoms with Crippen LogP contribution in [0.2, 0.25) is 0 Å². The van der Waals surface area contributed by atoms with Crippen LogP contribution in [0.1, 0.15) is 24.6 Å². The van der Waals surface area contributed by atoms with Crippen molar-refractivity contribution in [3.05, 3.63) is 34.4 Å². The fourth-order valence-electron chi connectivity index (χ4n) is 2.01. The molecule has 0 radical (unpaired) electrons. The average Bonchev–Trinajstić information content (AvgIpc) is 2.97. The van der Waals surface area contributed by atoms with Crippen LogP contribution in [0, 0.1) is 5.92 Å². The van der Waals surface area contributed by atoms with E-state index in [2.05, 4.69) is 39.1 Å². The Morgan fingerprint density at radius 2 is 2.13 bits per heavy atom. The summed E-state index contributed by atoms with van der Waals surface area (Å²) in [6, 6.07) is 8.61. The van der Waals surface area contributed by atoms with E-state index in [1.165, 1.54) is 29.4 Å². The minimum Gasteiger partial charge on any atom is -0.357 e. The number of rotatable bonds is 2. The second-order valence-corrected chi connectivity index (χ2v) is 5.24. The Kier molecular flexibility index (Phi) is 2.11. The number of hydrogen-bond donors (Lipinski definition) is 2. The summed E-state index contributed by atoms with van der Waals surface area (Å²) in [5, 5.41) is 1.23. The van der Waals surface area contributed by atoms with Gasteiger partial charge in [0, 0.05) is 27.1 Å². The first-order chi connectivity index (χ1) is 7.24. The van der Waals surface area contributed by atoms with Gasteiger partial charge < -0.3 is 10.7 Å². The Morgan fingerprint density at radius 3 is 2.87 bits per heavy atom. The molecule has 1 saturated carbocycles. The van der Waals surface area contributed by atoms with E-state index in [1.54, 1.807) is 0 Å². The maximum Gasteiger partial charge on any atom is 0.0476 e. The highest BCUT2D eigenvalue weighted by molar-refractivity contribution is 9.10. The number of fused-ring (bicyclic) bond motifs is 1. The van der Waals surface area contributed by atoms with Crippen molar-refractivity contribution in [2.45, 2.75) is 18.9 Å². The highest BCUT2D eigenvalue weighted by Gasteiger charge is 2.30. The Bertz CT molecular complexity index is 499. The van der Waals surface area contributed by atoms with Gasteiger partial charge in [-0.1, -0.05) is 15.9 Å². The second kappa shape index (κ2) is 3.35. The van der Waals surface area contributed by atoms with Crippen LogP contribution in [-0.2, 0) is 0 Å². The summed E-state index contributed by atoms with van der Waals surface area (Å²) >= 11 is 3.47. The van der Waals surface area contributed by atoms with Crippen molar-refractivity contribution in [2.24, 2.45) is 11.7 Å². The number of aromatic nitrogens is 1. The lowest BCUT2D eigenvalue weighted by Gasteiger charge is -2.06. The summed E-state index contributed by atoms with van der Waals surface area (Å²) in [4.78, 5) is 3.40. The number of benzene rings is 1. The van der Waals surface area contributed by atoms with Crippen molar-refractivity contribution in [1.82, 2.24) is 4.98 Å². The molecule has 15 heavy (non-hydrogen) atoms. The van der Waals surface area contributed by atoms with Gasteiger partial charge in [0.2, 0.25) is 0 Å². The SMILES string of the molecule is NC(c1cc2cc(Br)ccc2[nH]1)C1CC1. The first kappa shape index (κ1) is 9.43. The number of H-pyrrole nitrogens is 1. The van der Waals surface area contributed by atoms with Gasteiger partial charge >= 0.3 is 0 Å². The maximum atomic E-state index is 6.16. The number of nitrogens with one attached hydrogen (secondary N) is 1. The lowest BCUT2D eigenvalue weighted by molar-refractivity contribution is 0.620. The fraction of sp³-hybridized carbons (Fsp3) is 0.333. The lowest BCUT2D eigenvalue weighted by Crippen LogP contribution is -2.12. The second-order valence-electron chi connectivity index (χ2n) is 4.32. The summed E-state index contributed by atoms with van der Waals surface area (Å²) in [6.07, 6.45) is 2.56. The molecule has 0 saturated heterocycles. The predicted octanol–water partition coefficient (Wildman–Crippen LogP) is 3.34. The molecule has 78 valence electrons. The number of halogens is 1. The van der Waals surface area contributed by atoms with Gasteiger partial charge in [-0.25, -0.2) is 0 Å². The largest absolute Gasteiger partial charge is 0.357 e. The van der Waals surface area contributed by atoms with Crippen LogP contribution in [0.5, 0.6) is 0 Å². The van der Waals surface area contributed by atoms with Crippen LogP contribution in [0.3, 0.4) is 0 Å². The number of aromatic amines is 1. The van der Waals surface area contributed by atoms with Crippen LogP contribution in [-0.4, -0.2) is 4.98 Å². The summed E-state index contributed by atoms with van der Waals surface area (Å²) in [7, 11) is 0. The Labute approximate surface area is 97.0 Å². The van der Waals surface area contributed by atoms with Gasteiger partial charge in [-0.2, -0.15) is 0 Å². The average molecular weight is 265 g/mol. The van der Waals surface area contributed by atoms with E-state index in [0.29, 0.717) is 5.92 Å². The monoisotopic (exact) mass is 264 g/mol. The van der Waals surface area contributed by atoms with Crippen LogP contribution in [0.25, 0.3) is 10.9 Å². The van der Waals surface area contributed by atoms with Crippen LogP contribution in [0.4, 0.5) is 0 Å². The third-order valence-electron chi connectivity index (χ3n) is 3.09. The Morgan fingerprint density at radius 1 is 1.33 bits per heavy atom. The van der Waals surface area contributed by atoms with Crippen molar-refractivity contribution in [1.29, 1.82) is 0 Å². The third-order valence-corrected chi connectivity index (χ3v) is 3.59. The van der Waals surface area contributed by atoms with Crippen molar-refractivity contribution >= 4 is 26.8 Å². The molecular weight excluding hydrogens is 252 g/mol. The quantitative estimate of drug-likeness (QED) is 0.859. The van der Waals surface area contributed by atoms with E-state index in [-0.39, 0.29) is 6.04 Å². The molecular formula is C12H13BrN2. The zero-order chi connectivity index (χ0) is 10.4. The van der Waals surface area contributed by atoms with Crippen LogP contribution >= 0.6 is 15.9 Å². The van der Waals surface area contributed by atoms with Crippen LogP contribution < -0.4 is 5.73 Å². The molecule has 1 heterocycles. The van der Waals surface area contributed by atoms with Crippen molar-refractivity contribution in [2.75, 3.05) is 0 Å². The van der Waals surface area contributed by atoms with Gasteiger partial charge in [-0.15, -0.1) is 0 Å². The third kappa shape index (κ3) is 1.70. The highest BCUT2D eigenvalue weighted by atomic mass is 79.9. The molecule has 0 aliphatic heterocycles. The first-order valence-electron chi connectivity index (χ1n) is 5.28. The van der Waals surface area contributed by atoms with Gasteiger partial charge in [0.25, 0.3) is 0 Å². The van der Waals surface area contributed by atoms with Crippen molar-refractivity contribution in [3.63, 3.8) is 0 Å². The normalized spacial score (nSPS) is 18.3. The molecule has 1 aliphatic rings. The molecule has 2 aromatic rings. The summed E-state index contributed by atoms with van der Waals surface area (Å²) in [6.45, 7) is 0. The minimum atomic E-state index is 0.191. The smallest absolute Gasteiger partial charge is 0.0476 e. The van der Waals surface area contributed by atoms with E-state index >= 15 is 0 Å². The standard InChI is InChI=1S/C12H13BrN2/c13-9-3-4-10-8(5-9)6-11(15-10)12(14)7-1-2-7/h3-7,12,15H,1-2,14H2. The van der Waals surface area contributed by atoms with Crippen LogP contribution in [0.15, 0.2) is 28.7 Å². The van der Waals surface area contributed by atoms with Gasteiger partial charge in [0.05, 0.1) is 0 Å². The molecule has 1 aliphatic carbocycles. The molecule has 1 unspecified atom stereocenters. The molecule has 0 spiro atoms. The van der Waals surface area contributed by atoms with E-state index in [0.717, 1.165) is 4.47 Å². The van der Waals surface area contributed by atoms with Gasteiger partial charge in [-0.05, 0) is 43.0 Å². The zero-order valence-electron chi connectivity index (χ0n) is 8.33. The predicted molar refractivity (Wildman–Crippen MR) is 65.7 cm³/mol. The molecule has 0 bridgehead atoms. The van der Waals surface area contributed by atoms with E-state index < -0.39 is 0 Å². The number of nitrogens with two attached hydrogens (primary N) is 1. The zero-order valence-corrected chi connectivity index (χ0v) is 9.92. The Hall–Kier alpha value is -0.800. The molecule has 3 heteroatoms. The van der Waals surface area contributed by atoms with Gasteiger partial charge in [0.1, 0.15) is 0 Å². The molecule has 1 atom stereocenters. The van der Waals surface area contributed by atoms with Crippen molar-refractivity contribution in [3.8, 4) is 0 Å². The molecule has 2 nitrogen and oxygen atoms in total. The molecule has 3 rings (SSSR count). The first-order valence-corrected chi connectivity index (χ1v) is 6.07. The molecule has 3 N–H and O–H groups in total. The van der Waals surface area contributed by atoms with E-state index in [4.69, 9.17) is 5.73 Å². The highest BCUT2D eigenvalue weighted by Crippen LogP contribution is 2.39. The van der Waals surface area contributed by atoms with Crippen molar-refractivity contribution < 1.29 is 0 Å². The molecule has 1 aromatic heterocycles. The lowest BCUT2D eigenvalue weighted by atomic mass is 10.1.